The van der Waals surface area contributed by atoms with Crippen molar-refractivity contribution in [3.05, 3.63) is 49.1 Å². The van der Waals surface area contributed by atoms with Gasteiger partial charge in [-0.15, -0.1) is 0 Å². The van der Waals surface area contributed by atoms with E-state index in [-0.39, 0.29) is 17.2 Å². The van der Waals surface area contributed by atoms with Crippen molar-refractivity contribution in [2.45, 2.75) is 32.1 Å². The van der Waals surface area contributed by atoms with Crippen molar-refractivity contribution in [1.29, 1.82) is 0 Å². The summed E-state index contributed by atoms with van der Waals surface area (Å²) in [6.07, 6.45) is 12.3. The van der Waals surface area contributed by atoms with E-state index in [1.54, 1.807) is 31.8 Å². The van der Waals surface area contributed by atoms with Crippen molar-refractivity contribution >= 4 is 34.3 Å². The SMILES string of the molecule is CNC(=O)C1CCCC2(CCN(c3cc(Nc4cc5cn[nH]c5cn4)nc(-c4cccnc4)n3)C2)C1. The Labute approximate surface area is 209 Å². The van der Waals surface area contributed by atoms with Crippen LogP contribution in [-0.4, -0.2) is 56.2 Å². The number of rotatable bonds is 5. The monoisotopic (exact) mass is 483 g/mol. The molecule has 0 aromatic carbocycles. The van der Waals surface area contributed by atoms with E-state index >= 15 is 0 Å². The number of hydrogen-bond donors (Lipinski definition) is 3. The molecule has 4 aromatic heterocycles. The van der Waals surface area contributed by atoms with Crippen molar-refractivity contribution in [2.75, 3.05) is 30.4 Å². The predicted octanol–water partition coefficient (Wildman–Crippen LogP) is 3.69. The van der Waals surface area contributed by atoms with E-state index in [2.05, 4.69) is 35.7 Å². The second-order valence-electron chi connectivity index (χ2n) is 9.91. The zero-order chi connectivity index (χ0) is 24.5. The minimum absolute atomic E-state index is 0.0983. The first kappa shape index (κ1) is 22.4. The number of aromatic nitrogens is 6. The maximum atomic E-state index is 12.4. The summed E-state index contributed by atoms with van der Waals surface area (Å²) in [6, 6.07) is 7.78. The number of aromatic amines is 1. The van der Waals surface area contributed by atoms with Crippen LogP contribution in [-0.2, 0) is 4.79 Å². The summed E-state index contributed by atoms with van der Waals surface area (Å²) in [4.78, 5) is 33.2. The Morgan fingerprint density at radius 3 is 2.97 bits per heavy atom. The van der Waals surface area contributed by atoms with Crippen molar-refractivity contribution in [1.82, 2.24) is 35.5 Å². The minimum atomic E-state index is 0.0983. The lowest BCUT2D eigenvalue weighted by Crippen LogP contribution is -2.38. The molecule has 10 nitrogen and oxygen atoms in total. The van der Waals surface area contributed by atoms with Crippen LogP contribution in [0.15, 0.2) is 49.1 Å². The first-order chi connectivity index (χ1) is 17.6. The summed E-state index contributed by atoms with van der Waals surface area (Å²) in [5.41, 5.74) is 1.88. The van der Waals surface area contributed by atoms with Crippen LogP contribution < -0.4 is 15.5 Å². The first-order valence-corrected chi connectivity index (χ1v) is 12.4. The molecule has 3 N–H and O–H groups in total. The van der Waals surface area contributed by atoms with E-state index in [4.69, 9.17) is 9.97 Å². The summed E-state index contributed by atoms with van der Waals surface area (Å²) in [6.45, 7) is 1.80. The van der Waals surface area contributed by atoms with Crippen LogP contribution in [0, 0.1) is 11.3 Å². The molecule has 2 atom stereocenters. The molecule has 1 aliphatic heterocycles. The molecule has 1 amide bonds. The molecule has 1 spiro atoms. The minimum Gasteiger partial charge on any atom is -0.359 e. The molecule has 6 rings (SSSR count). The highest BCUT2D eigenvalue weighted by Gasteiger charge is 2.43. The number of H-pyrrole nitrogens is 1. The molecule has 2 fully saturated rings. The summed E-state index contributed by atoms with van der Waals surface area (Å²) >= 11 is 0. The van der Waals surface area contributed by atoms with Crippen LogP contribution in [0.1, 0.15) is 32.1 Å². The highest BCUT2D eigenvalue weighted by Crippen LogP contribution is 2.47. The van der Waals surface area contributed by atoms with Gasteiger partial charge in [0.2, 0.25) is 5.91 Å². The van der Waals surface area contributed by atoms with Gasteiger partial charge in [-0.1, -0.05) is 6.42 Å². The number of carbonyl (C=O) groups is 1. The number of fused-ring (bicyclic) bond motifs is 1. The molecule has 36 heavy (non-hydrogen) atoms. The Morgan fingerprint density at radius 1 is 1.17 bits per heavy atom. The zero-order valence-corrected chi connectivity index (χ0v) is 20.2. The van der Waals surface area contributed by atoms with Crippen molar-refractivity contribution in [2.24, 2.45) is 11.3 Å². The maximum absolute atomic E-state index is 12.4. The quantitative estimate of drug-likeness (QED) is 0.393. The molecule has 5 heterocycles. The summed E-state index contributed by atoms with van der Waals surface area (Å²) in [5, 5.41) is 14.2. The van der Waals surface area contributed by atoms with Crippen molar-refractivity contribution < 1.29 is 4.79 Å². The van der Waals surface area contributed by atoms with Gasteiger partial charge >= 0.3 is 0 Å². The summed E-state index contributed by atoms with van der Waals surface area (Å²) in [5.74, 6) is 3.10. The van der Waals surface area contributed by atoms with Gasteiger partial charge in [0.25, 0.3) is 0 Å². The van der Waals surface area contributed by atoms with Crippen LogP contribution in [0.5, 0.6) is 0 Å². The third kappa shape index (κ3) is 4.34. The number of nitrogens with one attached hydrogen (secondary N) is 3. The molecule has 0 radical (unpaired) electrons. The van der Waals surface area contributed by atoms with Crippen LogP contribution in [0.3, 0.4) is 0 Å². The molecular weight excluding hydrogens is 454 g/mol. The molecule has 0 bridgehead atoms. The largest absolute Gasteiger partial charge is 0.359 e. The van der Waals surface area contributed by atoms with E-state index in [0.29, 0.717) is 17.5 Å². The lowest BCUT2D eigenvalue weighted by atomic mass is 9.69. The molecule has 1 aliphatic carbocycles. The van der Waals surface area contributed by atoms with Gasteiger partial charge < -0.3 is 15.5 Å². The van der Waals surface area contributed by atoms with E-state index in [0.717, 1.165) is 67.5 Å². The van der Waals surface area contributed by atoms with Gasteiger partial charge in [0.1, 0.15) is 17.5 Å². The fourth-order valence-electron chi connectivity index (χ4n) is 5.71. The van der Waals surface area contributed by atoms with Gasteiger partial charge in [-0.2, -0.15) is 5.10 Å². The summed E-state index contributed by atoms with van der Waals surface area (Å²) in [7, 11) is 1.74. The molecule has 2 aliphatic rings. The highest BCUT2D eigenvalue weighted by atomic mass is 16.1. The van der Waals surface area contributed by atoms with Gasteiger partial charge in [0, 0.05) is 55.5 Å². The number of anilines is 3. The van der Waals surface area contributed by atoms with Crippen LogP contribution >= 0.6 is 0 Å². The highest BCUT2D eigenvalue weighted by molar-refractivity contribution is 5.80. The Hall–Kier alpha value is -4.08. The van der Waals surface area contributed by atoms with E-state index in [1.165, 1.54) is 0 Å². The van der Waals surface area contributed by atoms with E-state index in [9.17, 15) is 4.79 Å². The molecule has 10 heteroatoms. The van der Waals surface area contributed by atoms with Gasteiger partial charge in [-0.25, -0.2) is 15.0 Å². The smallest absolute Gasteiger partial charge is 0.222 e. The summed E-state index contributed by atoms with van der Waals surface area (Å²) < 4.78 is 0. The van der Waals surface area contributed by atoms with E-state index < -0.39 is 0 Å². The maximum Gasteiger partial charge on any atom is 0.222 e. The number of pyridine rings is 2. The lowest BCUT2D eigenvalue weighted by Gasteiger charge is -2.37. The third-order valence-corrected chi connectivity index (χ3v) is 7.53. The topological polar surface area (TPSA) is 125 Å². The Bertz CT molecular complexity index is 1390. The average Bonchev–Trinajstić information content (AvgIpc) is 3.55. The predicted molar refractivity (Wildman–Crippen MR) is 138 cm³/mol. The fourth-order valence-corrected chi connectivity index (χ4v) is 5.71. The lowest BCUT2D eigenvalue weighted by molar-refractivity contribution is -0.126. The van der Waals surface area contributed by atoms with Crippen LogP contribution in [0.2, 0.25) is 0 Å². The molecular formula is C26H29N9O. The molecule has 184 valence electrons. The number of amides is 1. The van der Waals surface area contributed by atoms with Gasteiger partial charge in [-0.3, -0.25) is 14.9 Å². The molecule has 1 saturated heterocycles. The molecule has 2 unspecified atom stereocenters. The van der Waals surface area contributed by atoms with Gasteiger partial charge in [0.15, 0.2) is 5.82 Å². The van der Waals surface area contributed by atoms with Crippen LogP contribution in [0.25, 0.3) is 22.3 Å². The van der Waals surface area contributed by atoms with Crippen molar-refractivity contribution in [3.63, 3.8) is 0 Å². The van der Waals surface area contributed by atoms with Gasteiger partial charge in [0.05, 0.1) is 17.9 Å². The van der Waals surface area contributed by atoms with Crippen LogP contribution in [0.4, 0.5) is 17.5 Å². The third-order valence-electron chi connectivity index (χ3n) is 7.53. The van der Waals surface area contributed by atoms with Crippen molar-refractivity contribution in [3.8, 4) is 11.4 Å². The zero-order valence-electron chi connectivity index (χ0n) is 20.2. The second kappa shape index (κ2) is 9.18. The Balaban J connectivity index is 1.31. The molecule has 4 aromatic rings. The first-order valence-electron chi connectivity index (χ1n) is 12.4. The standard InChI is InChI=1S/C26H29N9O/c1-27-25(36)17-4-2-6-26(12-17)7-9-35(16-26)23-11-22(32-24(33-23)18-5-3-8-28-13-18)31-21-10-19-14-30-34-20(19)15-29-21/h3,5,8,10-11,13-15,17H,2,4,6-7,9,12,16H2,1H3,(H,27,36)(H,30,34)(H,29,31,32,33). The Kier molecular flexibility index (Phi) is 5.71. The molecule has 1 saturated carbocycles. The number of nitrogens with zero attached hydrogens (tertiary/aromatic N) is 6. The Morgan fingerprint density at radius 2 is 2.11 bits per heavy atom. The number of hydrogen-bond acceptors (Lipinski definition) is 8. The van der Waals surface area contributed by atoms with Gasteiger partial charge in [-0.05, 0) is 49.3 Å². The van der Waals surface area contributed by atoms with E-state index in [1.807, 2.05) is 24.3 Å². The average molecular weight is 484 g/mol. The second-order valence-corrected chi connectivity index (χ2v) is 9.91. The number of carbonyl (C=O) groups excluding carboxylic acids is 1. The normalized spacial score (nSPS) is 21.7. The fraction of sp³-hybridized carbons (Fsp3) is 0.385.